The fourth-order valence-corrected chi connectivity index (χ4v) is 3.51. The number of hydrogen-bond donors (Lipinski definition) is 1. The maximum Gasteiger partial charge on any atom is 0.244 e. The van der Waals surface area contributed by atoms with Gasteiger partial charge in [-0.3, -0.25) is 0 Å². The molecule has 0 amide bonds. The Labute approximate surface area is 137 Å². The van der Waals surface area contributed by atoms with Crippen LogP contribution in [0.25, 0.3) is 0 Å². The molecule has 124 valence electrons. The number of sulfonamides is 1. The molecule has 0 saturated heterocycles. The van der Waals surface area contributed by atoms with Crippen LogP contribution in [-0.4, -0.2) is 29.2 Å². The van der Waals surface area contributed by atoms with Crippen LogP contribution >= 0.6 is 0 Å². The van der Waals surface area contributed by atoms with Crippen molar-refractivity contribution in [3.05, 3.63) is 53.6 Å². The van der Waals surface area contributed by atoms with Gasteiger partial charge in [0.1, 0.15) is 16.4 Å². The van der Waals surface area contributed by atoms with Crippen LogP contribution in [0.4, 0.5) is 0 Å². The van der Waals surface area contributed by atoms with E-state index < -0.39 is 10.0 Å². The summed E-state index contributed by atoms with van der Waals surface area (Å²) in [6.45, 7) is 2.14. The van der Waals surface area contributed by atoms with E-state index in [9.17, 15) is 8.42 Å². The Kier molecular flexibility index (Phi) is 5.63. The van der Waals surface area contributed by atoms with Gasteiger partial charge in [0.05, 0.1) is 14.2 Å². The van der Waals surface area contributed by atoms with E-state index in [2.05, 4.69) is 4.72 Å². The second-order valence-electron chi connectivity index (χ2n) is 5.15. The predicted octanol–water partition coefficient (Wildman–Crippen LogP) is 2.53. The molecule has 0 unspecified atom stereocenters. The molecule has 2 rings (SSSR count). The molecule has 0 saturated carbocycles. The third kappa shape index (κ3) is 4.46. The van der Waals surface area contributed by atoms with Gasteiger partial charge >= 0.3 is 0 Å². The summed E-state index contributed by atoms with van der Waals surface area (Å²) in [6, 6.07) is 12.6. The number of ether oxygens (including phenoxy) is 2. The van der Waals surface area contributed by atoms with Crippen LogP contribution in [-0.2, 0) is 16.4 Å². The van der Waals surface area contributed by atoms with Gasteiger partial charge in [-0.15, -0.1) is 0 Å². The lowest BCUT2D eigenvalue weighted by molar-refractivity contribution is 0.402. The quantitative estimate of drug-likeness (QED) is 0.844. The molecule has 0 aromatic heterocycles. The molecule has 0 heterocycles. The molecule has 0 spiro atoms. The van der Waals surface area contributed by atoms with E-state index in [1.165, 1.54) is 7.11 Å². The molecule has 5 nitrogen and oxygen atoms in total. The first-order valence-electron chi connectivity index (χ1n) is 7.23. The molecule has 23 heavy (non-hydrogen) atoms. The molecule has 0 aliphatic rings. The average molecular weight is 335 g/mol. The zero-order valence-electron chi connectivity index (χ0n) is 13.5. The monoisotopic (exact) mass is 335 g/mol. The van der Waals surface area contributed by atoms with Crippen LogP contribution in [0.1, 0.15) is 11.1 Å². The number of benzene rings is 2. The second-order valence-corrected chi connectivity index (χ2v) is 6.89. The van der Waals surface area contributed by atoms with Crippen LogP contribution in [0.15, 0.2) is 47.4 Å². The highest BCUT2D eigenvalue weighted by molar-refractivity contribution is 7.89. The van der Waals surface area contributed by atoms with Crippen molar-refractivity contribution in [2.24, 2.45) is 0 Å². The fraction of sp³-hybridized carbons (Fsp3) is 0.294. The number of rotatable bonds is 7. The molecule has 2 aromatic carbocycles. The maximum absolute atomic E-state index is 12.5. The first kappa shape index (κ1) is 17.3. The molecular formula is C17H21NO4S. The Morgan fingerprint density at radius 2 is 1.83 bits per heavy atom. The summed E-state index contributed by atoms with van der Waals surface area (Å²) in [5.74, 6) is 1.09. The number of hydrogen-bond acceptors (Lipinski definition) is 4. The van der Waals surface area contributed by atoms with Gasteiger partial charge in [0.25, 0.3) is 0 Å². The van der Waals surface area contributed by atoms with E-state index in [0.29, 0.717) is 18.7 Å². The van der Waals surface area contributed by atoms with Gasteiger partial charge in [0.2, 0.25) is 10.0 Å². The third-order valence-electron chi connectivity index (χ3n) is 3.45. The number of aryl methyl sites for hydroxylation is 1. The van der Waals surface area contributed by atoms with Gasteiger partial charge in [0.15, 0.2) is 0 Å². The van der Waals surface area contributed by atoms with E-state index in [1.807, 2.05) is 37.3 Å². The van der Waals surface area contributed by atoms with Crippen molar-refractivity contribution in [2.75, 3.05) is 20.8 Å². The summed E-state index contributed by atoms with van der Waals surface area (Å²) in [5.41, 5.74) is 1.86. The molecule has 2 aromatic rings. The molecule has 6 heteroatoms. The lowest BCUT2D eigenvalue weighted by atomic mass is 10.1. The molecule has 1 N–H and O–H groups in total. The SMILES string of the molecule is COc1cccc(CCNS(=O)(=O)c2cc(C)ccc2OC)c1. The summed E-state index contributed by atoms with van der Waals surface area (Å²) in [7, 11) is -0.556. The normalized spacial score (nSPS) is 11.3. The Balaban J connectivity index is 2.08. The zero-order chi connectivity index (χ0) is 16.9. The second kappa shape index (κ2) is 7.48. The number of nitrogens with one attached hydrogen (secondary N) is 1. The third-order valence-corrected chi connectivity index (χ3v) is 4.93. The summed E-state index contributed by atoms with van der Waals surface area (Å²) in [4.78, 5) is 0.158. The molecule has 0 radical (unpaired) electrons. The largest absolute Gasteiger partial charge is 0.497 e. The van der Waals surface area contributed by atoms with E-state index in [1.54, 1.807) is 19.2 Å². The zero-order valence-corrected chi connectivity index (χ0v) is 14.3. The van der Waals surface area contributed by atoms with Crippen molar-refractivity contribution in [2.45, 2.75) is 18.2 Å². The van der Waals surface area contributed by atoms with E-state index in [4.69, 9.17) is 9.47 Å². The van der Waals surface area contributed by atoms with Crippen molar-refractivity contribution in [1.82, 2.24) is 4.72 Å². The Hall–Kier alpha value is -2.05. The van der Waals surface area contributed by atoms with Gasteiger partial charge < -0.3 is 9.47 Å². The average Bonchev–Trinajstić information content (AvgIpc) is 2.55. The van der Waals surface area contributed by atoms with Crippen LogP contribution in [0.2, 0.25) is 0 Å². The highest BCUT2D eigenvalue weighted by Gasteiger charge is 2.19. The molecule has 0 atom stereocenters. The van der Waals surface area contributed by atoms with Gasteiger partial charge in [-0.2, -0.15) is 0 Å². The minimum atomic E-state index is -3.62. The minimum Gasteiger partial charge on any atom is -0.497 e. The smallest absolute Gasteiger partial charge is 0.244 e. The van der Waals surface area contributed by atoms with Gasteiger partial charge in [0, 0.05) is 6.54 Å². The first-order chi connectivity index (χ1) is 11.0. The summed E-state index contributed by atoms with van der Waals surface area (Å²) in [5, 5.41) is 0. The topological polar surface area (TPSA) is 64.6 Å². The van der Waals surface area contributed by atoms with Crippen molar-refractivity contribution in [3.63, 3.8) is 0 Å². The Bertz CT molecular complexity index is 772. The highest BCUT2D eigenvalue weighted by Crippen LogP contribution is 2.24. The van der Waals surface area contributed by atoms with Crippen molar-refractivity contribution >= 4 is 10.0 Å². The minimum absolute atomic E-state index is 0.158. The lowest BCUT2D eigenvalue weighted by Gasteiger charge is -2.11. The standard InChI is InChI=1S/C17H21NO4S/c1-13-7-8-16(22-3)17(11-13)23(19,20)18-10-9-14-5-4-6-15(12-14)21-2/h4-8,11-12,18H,9-10H2,1-3H3. The summed E-state index contributed by atoms with van der Waals surface area (Å²) >= 11 is 0. The first-order valence-corrected chi connectivity index (χ1v) is 8.72. The molecule has 0 aliphatic carbocycles. The highest BCUT2D eigenvalue weighted by atomic mass is 32.2. The molecule has 0 aliphatic heterocycles. The van der Waals surface area contributed by atoms with Crippen LogP contribution in [0.5, 0.6) is 11.5 Å². The van der Waals surface area contributed by atoms with Crippen molar-refractivity contribution in [3.8, 4) is 11.5 Å². The van der Waals surface area contributed by atoms with Crippen LogP contribution in [0.3, 0.4) is 0 Å². The molecule has 0 fully saturated rings. The Morgan fingerprint density at radius 1 is 1.04 bits per heavy atom. The van der Waals surface area contributed by atoms with Crippen LogP contribution in [0, 0.1) is 6.92 Å². The fourth-order valence-electron chi connectivity index (χ4n) is 2.23. The maximum atomic E-state index is 12.5. The van der Waals surface area contributed by atoms with E-state index in [0.717, 1.165) is 16.9 Å². The summed E-state index contributed by atoms with van der Waals surface area (Å²) in [6.07, 6.45) is 0.574. The Morgan fingerprint density at radius 3 is 2.52 bits per heavy atom. The van der Waals surface area contributed by atoms with Gasteiger partial charge in [-0.1, -0.05) is 18.2 Å². The predicted molar refractivity (Wildman–Crippen MR) is 89.6 cm³/mol. The lowest BCUT2D eigenvalue weighted by Crippen LogP contribution is -2.26. The summed E-state index contributed by atoms with van der Waals surface area (Å²) < 4.78 is 37.8. The van der Waals surface area contributed by atoms with E-state index in [-0.39, 0.29) is 4.90 Å². The van der Waals surface area contributed by atoms with Crippen LogP contribution < -0.4 is 14.2 Å². The van der Waals surface area contributed by atoms with Crippen molar-refractivity contribution in [1.29, 1.82) is 0 Å². The van der Waals surface area contributed by atoms with E-state index >= 15 is 0 Å². The van der Waals surface area contributed by atoms with Gasteiger partial charge in [-0.25, -0.2) is 13.1 Å². The molecular weight excluding hydrogens is 314 g/mol. The van der Waals surface area contributed by atoms with Crippen molar-refractivity contribution < 1.29 is 17.9 Å². The molecule has 0 bridgehead atoms. The van der Waals surface area contributed by atoms with Gasteiger partial charge in [-0.05, 0) is 48.7 Å². The number of methoxy groups -OCH3 is 2.